The van der Waals surface area contributed by atoms with Crippen molar-refractivity contribution in [3.05, 3.63) is 95.2 Å². The SMILES string of the molecule is N#Cc1cccc2c(OC3CCC(NC(=O)c4ccc(NC(=O)CCOCCOCCOCCOCCOc5cccc6c5C(=O)N(C5CCC(=O)NC5=O)C6=O)cc4)CC3)ccnc12. The molecule has 1 unspecified atom stereocenters. The van der Waals surface area contributed by atoms with E-state index < -0.39 is 29.7 Å². The van der Waals surface area contributed by atoms with Crippen molar-refractivity contribution >= 4 is 52.0 Å². The number of rotatable bonds is 22. The Hall–Kier alpha value is -6.78. The third-order valence-electron chi connectivity index (χ3n) is 11.1. The molecule has 1 saturated carbocycles. The van der Waals surface area contributed by atoms with Gasteiger partial charge in [-0.05, 0) is 86.7 Å². The lowest BCUT2D eigenvalue weighted by molar-refractivity contribution is -0.136. The number of nitriles is 1. The molecule has 1 saturated heterocycles. The van der Waals surface area contributed by atoms with Gasteiger partial charge in [-0.1, -0.05) is 12.1 Å². The second-order valence-corrected chi connectivity index (χ2v) is 15.5. The summed E-state index contributed by atoms with van der Waals surface area (Å²) in [5.74, 6) is -1.85. The summed E-state index contributed by atoms with van der Waals surface area (Å²) in [4.78, 5) is 80.7. The number of carbonyl (C=O) groups is 6. The van der Waals surface area contributed by atoms with Gasteiger partial charge in [0.2, 0.25) is 17.7 Å². The number of benzene rings is 3. The third kappa shape index (κ3) is 12.1. The van der Waals surface area contributed by atoms with Crippen LogP contribution < -0.4 is 25.4 Å². The van der Waals surface area contributed by atoms with Gasteiger partial charge in [0.1, 0.15) is 30.2 Å². The molecule has 1 atom stereocenters. The molecule has 1 aliphatic carbocycles. The molecule has 18 heteroatoms. The van der Waals surface area contributed by atoms with Crippen molar-refractivity contribution in [2.24, 2.45) is 0 Å². The molecule has 1 aromatic heterocycles. The Morgan fingerprint density at radius 3 is 2.12 bits per heavy atom. The number of para-hydroxylation sites is 1. The van der Waals surface area contributed by atoms with E-state index in [2.05, 4.69) is 27.0 Å². The largest absolute Gasteiger partial charge is 0.490 e. The molecule has 3 heterocycles. The standard InChI is InChI=1S/C47H50N6O12/c48-29-31-3-1-4-35-38(17-19-49-43(31)35)65-34-13-11-33(12-14-34)51-44(56)30-7-9-32(10-8-30)50-41(55)18-20-60-21-22-61-23-24-62-25-26-63-27-28-64-39-6-2-5-36-42(39)47(59)53(46(36)58)37-15-16-40(54)52-45(37)57/h1-10,17,19,33-34,37H,11-16,18,20-28H2,(H,50,55)(H,51,56)(H,52,54,57). The minimum atomic E-state index is -1.06. The Bertz CT molecular complexity index is 2410. The molecule has 340 valence electrons. The number of aromatic nitrogens is 1. The molecule has 2 aliphatic heterocycles. The van der Waals surface area contributed by atoms with Gasteiger partial charge in [0.05, 0.1) is 87.6 Å². The first-order valence-corrected chi connectivity index (χ1v) is 21.6. The maximum Gasteiger partial charge on any atom is 0.266 e. The zero-order chi connectivity index (χ0) is 45.5. The minimum absolute atomic E-state index is 0.00430. The number of pyridine rings is 1. The summed E-state index contributed by atoms with van der Waals surface area (Å²) in [5, 5.41) is 18.3. The molecule has 0 spiro atoms. The van der Waals surface area contributed by atoms with E-state index in [0.29, 0.717) is 67.7 Å². The van der Waals surface area contributed by atoms with Gasteiger partial charge in [-0.2, -0.15) is 5.26 Å². The summed E-state index contributed by atoms with van der Waals surface area (Å²) < 4.78 is 34.2. The van der Waals surface area contributed by atoms with E-state index in [-0.39, 0.29) is 79.9 Å². The molecular formula is C47H50N6O12. The van der Waals surface area contributed by atoms with Crippen molar-refractivity contribution in [1.29, 1.82) is 5.26 Å². The summed E-state index contributed by atoms with van der Waals surface area (Å²) in [6.45, 7) is 2.44. The molecule has 0 bridgehead atoms. The van der Waals surface area contributed by atoms with Crippen molar-refractivity contribution in [3.63, 3.8) is 0 Å². The van der Waals surface area contributed by atoms with Crippen LogP contribution in [-0.2, 0) is 33.3 Å². The monoisotopic (exact) mass is 890 g/mol. The zero-order valence-corrected chi connectivity index (χ0v) is 35.7. The first-order chi connectivity index (χ1) is 31.7. The topological polar surface area (TPSA) is 234 Å². The van der Waals surface area contributed by atoms with Gasteiger partial charge in [-0.3, -0.25) is 44.0 Å². The smallest absolute Gasteiger partial charge is 0.266 e. The minimum Gasteiger partial charge on any atom is -0.490 e. The molecule has 18 nitrogen and oxygen atoms in total. The predicted octanol–water partition coefficient (Wildman–Crippen LogP) is 4.10. The maximum absolute atomic E-state index is 13.2. The van der Waals surface area contributed by atoms with Crippen molar-refractivity contribution in [3.8, 4) is 17.6 Å². The van der Waals surface area contributed by atoms with Crippen molar-refractivity contribution in [1.82, 2.24) is 20.5 Å². The van der Waals surface area contributed by atoms with Gasteiger partial charge < -0.3 is 39.1 Å². The van der Waals surface area contributed by atoms with Crippen LogP contribution in [0, 0.1) is 11.3 Å². The number of amides is 6. The molecule has 2 fully saturated rings. The van der Waals surface area contributed by atoms with Gasteiger partial charge >= 0.3 is 0 Å². The fourth-order valence-electron chi connectivity index (χ4n) is 7.79. The third-order valence-corrected chi connectivity index (χ3v) is 11.1. The zero-order valence-electron chi connectivity index (χ0n) is 35.7. The number of fused-ring (bicyclic) bond motifs is 2. The van der Waals surface area contributed by atoms with Crippen molar-refractivity contribution in [2.75, 3.05) is 64.8 Å². The van der Waals surface area contributed by atoms with Gasteiger partial charge in [-0.15, -0.1) is 0 Å². The van der Waals surface area contributed by atoms with E-state index in [4.69, 9.17) is 28.4 Å². The van der Waals surface area contributed by atoms with Gasteiger partial charge in [-0.25, -0.2) is 0 Å². The van der Waals surface area contributed by atoms with E-state index in [1.807, 2.05) is 18.2 Å². The van der Waals surface area contributed by atoms with Crippen LogP contribution in [0.15, 0.2) is 72.9 Å². The van der Waals surface area contributed by atoms with E-state index in [1.54, 1.807) is 48.7 Å². The Labute approximate surface area is 374 Å². The number of piperidine rings is 1. The number of nitrogens with one attached hydrogen (secondary N) is 3. The lowest BCUT2D eigenvalue weighted by Gasteiger charge is -2.30. The molecule has 3 aliphatic rings. The average Bonchev–Trinajstić information content (AvgIpc) is 3.57. The Morgan fingerprint density at radius 2 is 1.43 bits per heavy atom. The van der Waals surface area contributed by atoms with Crippen LogP contribution in [0.25, 0.3) is 10.9 Å². The highest BCUT2D eigenvalue weighted by atomic mass is 16.6. The fourth-order valence-corrected chi connectivity index (χ4v) is 7.79. The van der Waals surface area contributed by atoms with Crippen LogP contribution in [0.1, 0.15) is 81.6 Å². The second kappa shape index (κ2) is 22.7. The number of ether oxygens (including phenoxy) is 6. The van der Waals surface area contributed by atoms with E-state index in [0.717, 1.165) is 36.0 Å². The highest BCUT2D eigenvalue weighted by molar-refractivity contribution is 6.24. The van der Waals surface area contributed by atoms with Crippen LogP contribution in [0.3, 0.4) is 0 Å². The molecular weight excluding hydrogens is 841 g/mol. The maximum atomic E-state index is 13.2. The number of nitrogens with zero attached hydrogens (tertiary/aromatic N) is 3. The van der Waals surface area contributed by atoms with Crippen LogP contribution in [0.4, 0.5) is 5.69 Å². The summed E-state index contributed by atoms with van der Waals surface area (Å²) in [6.07, 6.45) is 4.99. The average molecular weight is 891 g/mol. The number of hydrogen-bond donors (Lipinski definition) is 3. The van der Waals surface area contributed by atoms with Crippen LogP contribution in [-0.4, -0.2) is 123 Å². The van der Waals surface area contributed by atoms with E-state index in [1.165, 1.54) is 6.07 Å². The summed E-state index contributed by atoms with van der Waals surface area (Å²) in [5.41, 5.74) is 2.42. The first-order valence-electron chi connectivity index (χ1n) is 21.6. The molecule has 0 radical (unpaired) electrons. The Balaban J connectivity index is 0.677. The lowest BCUT2D eigenvalue weighted by Crippen LogP contribution is -2.54. The van der Waals surface area contributed by atoms with Gasteiger partial charge in [0, 0.05) is 35.3 Å². The van der Waals surface area contributed by atoms with Gasteiger partial charge in [0.15, 0.2) is 0 Å². The predicted molar refractivity (Wildman–Crippen MR) is 232 cm³/mol. The van der Waals surface area contributed by atoms with Crippen LogP contribution in [0.5, 0.6) is 11.5 Å². The Kier molecular flexibility index (Phi) is 16.2. The molecule has 4 aromatic rings. The molecule has 65 heavy (non-hydrogen) atoms. The lowest BCUT2D eigenvalue weighted by atomic mass is 9.92. The number of hydrogen-bond acceptors (Lipinski definition) is 14. The van der Waals surface area contributed by atoms with E-state index >= 15 is 0 Å². The number of anilines is 1. The van der Waals surface area contributed by atoms with E-state index in [9.17, 15) is 34.0 Å². The van der Waals surface area contributed by atoms with Gasteiger partial charge in [0.25, 0.3) is 17.7 Å². The first kappa shape index (κ1) is 46.2. The quantitative estimate of drug-likeness (QED) is 0.0745. The number of imide groups is 2. The molecule has 3 N–H and O–H groups in total. The summed E-state index contributed by atoms with van der Waals surface area (Å²) in [6, 6.07) is 19.8. The molecule has 7 rings (SSSR count). The van der Waals surface area contributed by atoms with Crippen molar-refractivity contribution < 1.29 is 57.2 Å². The summed E-state index contributed by atoms with van der Waals surface area (Å²) in [7, 11) is 0. The second-order valence-electron chi connectivity index (χ2n) is 15.5. The van der Waals surface area contributed by atoms with Crippen LogP contribution in [0.2, 0.25) is 0 Å². The van der Waals surface area contributed by atoms with Crippen LogP contribution >= 0.6 is 0 Å². The summed E-state index contributed by atoms with van der Waals surface area (Å²) >= 11 is 0. The molecule has 6 amide bonds. The highest BCUT2D eigenvalue weighted by Gasteiger charge is 2.46. The Morgan fingerprint density at radius 1 is 0.754 bits per heavy atom. The fraction of sp³-hybridized carbons (Fsp3) is 0.404. The molecule has 3 aromatic carbocycles. The number of carbonyl (C=O) groups excluding carboxylic acids is 6. The van der Waals surface area contributed by atoms with Crippen molar-refractivity contribution in [2.45, 2.75) is 63.1 Å². The normalized spacial score (nSPS) is 18.2. The highest BCUT2D eigenvalue weighted by Crippen LogP contribution is 2.34.